The molecule has 0 aliphatic heterocycles. The van der Waals surface area contributed by atoms with Gasteiger partial charge in [-0.05, 0) is 29.9 Å². The summed E-state index contributed by atoms with van der Waals surface area (Å²) in [5.74, 6) is 1.19. The van der Waals surface area contributed by atoms with Crippen molar-refractivity contribution in [3.05, 3.63) is 35.9 Å². The lowest BCUT2D eigenvalue weighted by Gasteiger charge is -2.32. The Hall–Kier alpha value is -1.26. The molecule has 0 aliphatic carbocycles. The molecule has 0 saturated carbocycles. The van der Waals surface area contributed by atoms with Gasteiger partial charge in [-0.3, -0.25) is 9.69 Å². The first-order valence-electron chi connectivity index (χ1n) is 11.6. The van der Waals surface area contributed by atoms with Crippen LogP contribution in [0.2, 0.25) is 0 Å². The Bertz CT molecular complexity index is 681. The summed E-state index contributed by atoms with van der Waals surface area (Å²) in [6.07, 6.45) is 3.52. The van der Waals surface area contributed by atoms with Gasteiger partial charge in [0, 0.05) is 37.5 Å². The van der Waals surface area contributed by atoms with Crippen LogP contribution in [-0.2, 0) is 20.9 Å². The van der Waals surface area contributed by atoms with Crippen molar-refractivity contribution in [2.24, 2.45) is 11.7 Å². The average molecular weight is 499 g/mol. The highest BCUT2D eigenvalue weighted by Crippen LogP contribution is 2.13. The first-order chi connectivity index (χ1) is 15.8. The van der Waals surface area contributed by atoms with Crippen molar-refractivity contribution in [1.29, 1.82) is 0 Å². The fourth-order valence-electron chi connectivity index (χ4n) is 3.47. The van der Waals surface area contributed by atoms with Gasteiger partial charge in [-0.25, -0.2) is 4.79 Å². The van der Waals surface area contributed by atoms with Crippen LogP contribution in [0.3, 0.4) is 0 Å². The van der Waals surface area contributed by atoms with E-state index in [4.69, 9.17) is 10.5 Å². The van der Waals surface area contributed by atoms with Crippen LogP contribution in [0.25, 0.3) is 0 Å². The van der Waals surface area contributed by atoms with Gasteiger partial charge < -0.3 is 21.1 Å². The van der Waals surface area contributed by atoms with Gasteiger partial charge >= 0.3 is 5.97 Å². The maximum Gasteiger partial charge on any atom is 0.328 e. The van der Waals surface area contributed by atoms with E-state index in [1.165, 1.54) is 7.11 Å². The Morgan fingerprint density at radius 1 is 1.27 bits per heavy atom. The maximum atomic E-state index is 13.0. The van der Waals surface area contributed by atoms with Gasteiger partial charge in [0.05, 0.1) is 13.7 Å². The van der Waals surface area contributed by atoms with Crippen molar-refractivity contribution in [2.75, 3.05) is 44.5 Å². The third-order valence-electron chi connectivity index (χ3n) is 5.71. The van der Waals surface area contributed by atoms with E-state index < -0.39 is 12.0 Å². The van der Waals surface area contributed by atoms with Crippen molar-refractivity contribution in [3.63, 3.8) is 0 Å². The normalized spacial score (nSPS) is 15.0. The van der Waals surface area contributed by atoms with Crippen LogP contribution < -0.4 is 16.4 Å². The Balaban J connectivity index is 2.94. The number of thiol groups is 1. The highest BCUT2D eigenvalue weighted by atomic mass is 32.2. The summed E-state index contributed by atoms with van der Waals surface area (Å²) in [5.41, 5.74) is 7.20. The van der Waals surface area contributed by atoms with E-state index >= 15 is 0 Å². The van der Waals surface area contributed by atoms with Crippen LogP contribution in [0, 0.1) is 5.92 Å². The molecule has 7 nitrogen and oxygen atoms in total. The lowest BCUT2D eigenvalue weighted by atomic mass is 9.98. The molecule has 0 aromatic heterocycles. The van der Waals surface area contributed by atoms with E-state index in [1.807, 2.05) is 24.5 Å². The smallest absolute Gasteiger partial charge is 0.328 e. The molecule has 0 aliphatic rings. The Morgan fingerprint density at radius 3 is 2.55 bits per heavy atom. The van der Waals surface area contributed by atoms with Gasteiger partial charge in [-0.1, -0.05) is 50.6 Å². The minimum Gasteiger partial charge on any atom is -0.467 e. The molecule has 0 bridgehead atoms. The largest absolute Gasteiger partial charge is 0.467 e. The van der Waals surface area contributed by atoms with Gasteiger partial charge in [0.1, 0.15) is 6.04 Å². The molecule has 0 radical (unpaired) electrons. The standard InChI is InChI=1S/C24H42N4O3S2/c1-5-18(2)22(26-13-20(25)17-32)15-28(14-19-9-7-6-8-10-19)16-23(29)27-21(11-12-33-4)24(30)31-3/h6-10,18,20-22,26,32H,5,11-17,25H2,1-4H3,(H,27,29)/t18-,20+,21-,22+/m0/s1. The lowest BCUT2D eigenvalue weighted by Crippen LogP contribution is -2.51. The fourth-order valence-corrected chi connectivity index (χ4v) is 4.07. The molecule has 0 heterocycles. The zero-order chi connectivity index (χ0) is 24.6. The third kappa shape index (κ3) is 12.1. The number of carbonyl (C=O) groups excluding carboxylic acids is 2. The number of esters is 1. The Labute approximate surface area is 209 Å². The summed E-state index contributed by atoms with van der Waals surface area (Å²) >= 11 is 5.92. The van der Waals surface area contributed by atoms with Gasteiger partial charge in [0.25, 0.3) is 0 Å². The predicted molar refractivity (Wildman–Crippen MR) is 142 cm³/mol. The molecule has 1 amide bonds. The van der Waals surface area contributed by atoms with Crippen LogP contribution >= 0.6 is 24.4 Å². The van der Waals surface area contributed by atoms with Crippen LogP contribution in [0.5, 0.6) is 0 Å². The molecule has 1 rings (SSSR count). The number of methoxy groups -OCH3 is 1. The first-order valence-corrected chi connectivity index (χ1v) is 13.6. The summed E-state index contributed by atoms with van der Waals surface area (Å²) in [6.45, 7) is 6.55. The lowest BCUT2D eigenvalue weighted by molar-refractivity contribution is -0.145. The zero-order valence-electron chi connectivity index (χ0n) is 20.5. The van der Waals surface area contributed by atoms with Crippen molar-refractivity contribution in [1.82, 2.24) is 15.5 Å². The second-order valence-electron chi connectivity index (χ2n) is 8.42. The summed E-state index contributed by atoms with van der Waals surface area (Å²) in [4.78, 5) is 27.2. The van der Waals surface area contributed by atoms with E-state index in [2.05, 4.69) is 54.1 Å². The van der Waals surface area contributed by atoms with Crippen molar-refractivity contribution in [3.8, 4) is 0 Å². The van der Waals surface area contributed by atoms with Gasteiger partial charge in [0.2, 0.25) is 5.91 Å². The minimum absolute atomic E-state index is 0.0250. The molecule has 0 unspecified atom stereocenters. The first kappa shape index (κ1) is 29.8. The quantitative estimate of drug-likeness (QED) is 0.193. The van der Waals surface area contributed by atoms with Crippen LogP contribution in [-0.4, -0.2) is 79.4 Å². The van der Waals surface area contributed by atoms with E-state index in [0.717, 1.165) is 17.7 Å². The number of nitrogens with one attached hydrogen (secondary N) is 2. The summed E-state index contributed by atoms with van der Waals surface area (Å²) in [7, 11) is 1.35. The molecule has 0 spiro atoms. The molecule has 1 aromatic carbocycles. The topological polar surface area (TPSA) is 96.7 Å². The number of ether oxygens (including phenoxy) is 1. The van der Waals surface area contributed by atoms with Crippen LogP contribution in [0.1, 0.15) is 32.3 Å². The summed E-state index contributed by atoms with van der Waals surface area (Å²) in [6, 6.07) is 9.61. The highest BCUT2D eigenvalue weighted by Gasteiger charge is 2.25. The van der Waals surface area contributed by atoms with E-state index in [1.54, 1.807) is 11.8 Å². The Morgan fingerprint density at radius 2 is 1.97 bits per heavy atom. The zero-order valence-corrected chi connectivity index (χ0v) is 22.2. The molecule has 4 atom stereocenters. The van der Waals surface area contributed by atoms with Crippen molar-refractivity contribution < 1.29 is 14.3 Å². The van der Waals surface area contributed by atoms with E-state index in [-0.39, 0.29) is 24.5 Å². The summed E-state index contributed by atoms with van der Waals surface area (Å²) in [5, 5.41) is 6.46. The molecular formula is C24H42N4O3S2. The molecular weight excluding hydrogens is 456 g/mol. The Kier molecular flexibility index (Phi) is 15.5. The minimum atomic E-state index is -0.634. The van der Waals surface area contributed by atoms with Gasteiger partial charge in [-0.2, -0.15) is 24.4 Å². The number of hydrogen-bond donors (Lipinski definition) is 4. The third-order valence-corrected chi connectivity index (χ3v) is 6.82. The molecule has 0 saturated heterocycles. The SMILES string of the molecule is CC[C@H](C)[C@@H](CN(CC(=O)N[C@@H](CCSC)C(=O)OC)Cc1ccccc1)NC[C@@H](N)CS. The number of thioether (sulfide) groups is 1. The van der Waals surface area contributed by atoms with Crippen LogP contribution in [0.4, 0.5) is 0 Å². The fraction of sp³-hybridized carbons (Fsp3) is 0.667. The molecule has 33 heavy (non-hydrogen) atoms. The number of amides is 1. The number of hydrogen-bond acceptors (Lipinski definition) is 8. The van der Waals surface area contributed by atoms with E-state index in [9.17, 15) is 9.59 Å². The number of rotatable bonds is 17. The van der Waals surface area contributed by atoms with Crippen molar-refractivity contribution in [2.45, 2.75) is 51.4 Å². The average Bonchev–Trinajstić information content (AvgIpc) is 2.83. The van der Waals surface area contributed by atoms with Crippen molar-refractivity contribution >= 4 is 36.3 Å². The van der Waals surface area contributed by atoms with Crippen LogP contribution in [0.15, 0.2) is 30.3 Å². The number of nitrogens with zero attached hydrogens (tertiary/aromatic N) is 1. The number of benzene rings is 1. The predicted octanol–water partition coefficient (Wildman–Crippen LogP) is 2.16. The van der Waals surface area contributed by atoms with E-state index in [0.29, 0.717) is 37.7 Å². The molecule has 188 valence electrons. The number of nitrogens with two attached hydrogens (primary N) is 1. The summed E-state index contributed by atoms with van der Waals surface area (Å²) < 4.78 is 4.88. The molecule has 1 aromatic rings. The van der Waals surface area contributed by atoms with Gasteiger partial charge in [0.15, 0.2) is 0 Å². The second-order valence-corrected chi connectivity index (χ2v) is 9.77. The molecule has 9 heteroatoms. The monoisotopic (exact) mass is 498 g/mol. The maximum absolute atomic E-state index is 13.0. The number of carbonyl (C=O) groups is 2. The molecule has 0 fully saturated rings. The molecule has 4 N–H and O–H groups in total. The van der Waals surface area contributed by atoms with Gasteiger partial charge in [-0.15, -0.1) is 0 Å². The highest BCUT2D eigenvalue weighted by molar-refractivity contribution is 7.98. The second kappa shape index (κ2) is 17.2.